The molecule has 8 nitrogen and oxygen atoms in total. The predicted octanol–water partition coefficient (Wildman–Crippen LogP) is 3.86. The molecule has 1 aliphatic rings. The van der Waals surface area contributed by atoms with Crippen molar-refractivity contribution in [3.63, 3.8) is 0 Å². The number of ether oxygens (including phenoxy) is 1. The Morgan fingerprint density at radius 3 is 2.61 bits per heavy atom. The van der Waals surface area contributed by atoms with Crippen LogP contribution in [-0.4, -0.2) is 49.4 Å². The lowest BCUT2D eigenvalue weighted by atomic mass is 9.94. The second-order valence-electron chi connectivity index (χ2n) is 9.23. The van der Waals surface area contributed by atoms with Crippen LogP contribution in [0, 0.1) is 11.6 Å². The number of amides is 1. The summed E-state index contributed by atoms with van der Waals surface area (Å²) in [5.41, 5.74) is 7.05. The second-order valence-corrected chi connectivity index (χ2v) is 9.23. The number of likely N-dealkylation sites (tertiary alicyclic amines) is 1. The van der Waals surface area contributed by atoms with Crippen LogP contribution in [0.5, 0.6) is 0 Å². The SMILES string of the molecule is CC(C)(C)OC(=O)N1CCCC(c2cc(-c3cc(F)c(CO)c(F)c3)c3c(N)ncnn23)C1. The van der Waals surface area contributed by atoms with Gasteiger partial charge in [0.1, 0.15) is 29.1 Å². The van der Waals surface area contributed by atoms with Crippen molar-refractivity contribution < 1.29 is 23.4 Å². The predicted molar refractivity (Wildman–Crippen MR) is 118 cm³/mol. The van der Waals surface area contributed by atoms with Crippen molar-refractivity contribution in [2.45, 2.75) is 51.7 Å². The number of nitrogens with two attached hydrogens (primary N) is 1. The molecule has 0 aliphatic carbocycles. The van der Waals surface area contributed by atoms with Gasteiger partial charge in [0.15, 0.2) is 5.82 Å². The molecule has 4 rings (SSSR count). The number of nitrogens with zero attached hydrogens (tertiary/aromatic N) is 4. The first-order valence-corrected chi connectivity index (χ1v) is 10.8. The first-order chi connectivity index (χ1) is 15.6. The van der Waals surface area contributed by atoms with Gasteiger partial charge in [0.2, 0.25) is 0 Å². The Bertz CT molecular complexity index is 1180. The number of aliphatic hydroxyl groups excluding tert-OH is 1. The van der Waals surface area contributed by atoms with Gasteiger partial charge >= 0.3 is 6.09 Å². The van der Waals surface area contributed by atoms with Crippen LogP contribution in [0.25, 0.3) is 16.6 Å². The van der Waals surface area contributed by atoms with Gasteiger partial charge in [0, 0.05) is 35.8 Å². The van der Waals surface area contributed by atoms with Gasteiger partial charge in [-0.2, -0.15) is 5.10 Å². The summed E-state index contributed by atoms with van der Waals surface area (Å²) in [4.78, 5) is 18.3. The lowest BCUT2D eigenvalue weighted by Crippen LogP contribution is -2.42. The highest BCUT2D eigenvalue weighted by molar-refractivity contribution is 5.88. The van der Waals surface area contributed by atoms with Gasteiger partial charge in [0.05, 0.1) is 6.61 Å². The Morgan fingerprint density at radius 2 is 1.97 bits per heavy atom. The molecule has 1 fully saturated rings. The van der Waals surface area contributed by atoms with Crippen LogP contribution in [0.1, 0.15) is 50.8 Å². The Hall–Kier alpha value is -3.27. The number of rotatable bonds is 3. The quantitative estimate of drug-likeness (QED) is 0.616. The van der Waals surface area contributed by atoms with Gasteiger partial charge in [0.25, 0.3) is 0 Å². The van der Waals surface area contributed by atoms with Crippen molar-refractivity contribution >= 4 is 17.4 Å². The summed E-state index contributed by atoms with van der Waals surface area (Å²) in [5, 5.41) is 13.6. The van der Waals surface area contributed by atoms with Crippen molar-refractivity contribution in [2.75, 3.05) is 18.8 Å². The highest BCUT2D eigenvalue weighted by Gasteiger charge is 2.31. The molecule has 1 aliphatic heterocycles. The first kappa shape index (κ1) is 22.9. The van der Waals surface area contributed by atoms with E-state index in [4.69, 9.17) is 10.5 Å². The Labute approximate surface area is 190 Å². The number of benzene rings is 1. The number of aromatic nitrogens is 3. The molecule has 0 bridgehead atoms. The van der Waals surface area contributed by atoms with Gasteiger partial charge in [-0.25, -0.2) is 23.1 Å². The van der Waals surface area contributed by atoms with Gasteiger partial charge < -0.3 is 20.5 Å². The van der Waals surface area contributed by atoms with Crippen LogP contribution in [0.4, 0.5) is 19.4 Å². The summed E-state index contributed by atoms with van der Waals surface area (Å²) in [6, 6.07) is 4.11. The third-order valence-corrected chi connectivity index (χ3v) is 5.71. The maximum atomic E-state index is 14.4. The van der Waals surface area contributed by atoms with Crippen molar-refractivity contribution in [3.8, 4) is 11.1 Å². The van der Waals surface area contributed by atoms with Gasteiger partial charge in [-0.1, -0.05) is 0 Å². The molecule has 0 spiro atoms. The normalized spacial score (nSPS) is 16.9. The highest BCUT2D eigenvalue weighted by Crippen LogP contribution is 2.37. The molecule has 10 heteroatoms. The van der Waals surface area contributed by atoms with E-state index < -0.39 is 29.4 Å². The Kier molecular flexibility index (Phi) is 5.96. The molecule has 2 aromatic heterocycles. The second kappa shape index (κ2) is 8.58. The number of aliphatic hydroxyl groups is 1. The van der Waals surface area contributed by atoms with Crippen LogP contribution >= 0.6 is 0 Å². The molecule has 0 radical (unpaired) electrons. The van der Waals surface area contributed by atoms with Crippen LogP contribution < -0.4 is 5.73 Å². The molecule has 1 saturated heterocycles. The molecule has 3 aromatic rings. The monoisotopic (exact) mass is 459 g/mol. The fraction of sp³-hybridized carbons (Fsp3) is 0.435. The summed E-state index contributed by atoms with van der Waals surface area (Å²) in [5.74, 6) is -1.62. The molecule has 0 saturated carbocycles. The highest BCUT2D eigenvalue weighted by atomic mass is 19.1. The van der Waals surface area contributed by atoms with E-state index in [0.29, 0.717) is 24.2 Å². The zero-order chi connectivity index (χ0) is 23.9. The lowest BCUT2D eigenvalue weighted by Gasteiger charge is -2.34. The fourth-order valence-corrected chi connectivity index (χ4v) is 4.22. The molecule has 3 N–H and O–H groups in total. The minimum absolute atomic E-state index is 0.0896. The maximum Gasteiger partial charge on any atom is 0.410 e. The first-order valence-electron chi connectivity index (χ1n) is 10.8. The van der Waals surface area contributed by atoms with Crippen molar-refractivity contribution in [2.24, 2.45) is 0 Å². The minimum atomic E-state index is -0.849. The summed E-state index contributed by atoms with van der Waals surface area (Å²) < 4.78 is 36.0. The van der Waals surface area contributed by atoms with E-state index >= 15 is 0 Å². The average molecular weight is 459 g/mol. The minimum Gasteiger partial charge on any atom is -0.444 e. The zero-order valence-electron chi connectivity index (χ0n) is 18.8. The third-order valence-electron chi connectivity index (χ3n) is 5.71. The third kappa shape index (κ3) is 4.47. The molecule has 1 atom stereocenters. The van der Waals surface area contributed by atoms with E-state index in [1.807, 2.05) is 20.8 Å². The molecule has 1 unspecified atom stereocenters. The largest absolute Gasteiger partial charge is 0.444 e. The summed E-state index contributed by atoms with van der Waals surface area (Å²) >= 11 is 0. The number of fused-ring (bicyclic) bond motifs is 1. The van der Waals surface area contributed by atoms with Crippen LogP contribution in [0.2, 0.25) is 0 Å². The molecule has 1 aromatic carbocycles. The molecular formula is C23H27F2N5O3. The van der Waals surface area contributed by atoms with E-state index in [1.165, 1.54) is 6.33 Å². The zero-order valence-corrected chi connectivity index (χ0v) is 18.8. The number of anilines is 1. The van der Waals surface area contributed by atoms with Crippen LogP contribution in [0.15, 0.2) is 24.5 Å². The van der Waals surface area contributed by atoms with Crippen LogP contribution in [-0.2, 0) is 11.3 Å². The molecule has 176 valence electrons. The van der Waals surface area contributed by atoms with E-state index in [2.05, 4.69) is 10.1 Å². The molecule has 33 heavy (non-hydrogen) atoms. The fourth-order valence-electron chi connectivity index (χ4n) is 4.22. The van der Waals surface area contributed by atoms with E-state index in [0.717, 1.165) is 30.7 Å². The van der Waals surface area contributed by atoms with Gasteiger partial charge in [-0.3, -0.25) is 0 Å². The molecule has 1 amide bonds. The van der Waals surface area contributed by atoms with Crippen molar-refractivity contribution in [1.29, 1.82) is 0 Å². The molecule has 3 heterocycles. The summed E-state index contributed by atoms with van der Waals surface area (Å²) in [7, 11) is 0. The van der Waals surface area contributed by atoms with Gasteiger partial charge in [-0.05, 0) is 57.4 Å². The summed E-state index contributed by atoms with van der Waals surface area (Å²) in [6.07, 6.45) is 2.49. The Morgan fingerprint density at radius 1 is 1.27 bits per heavy atom. The Balaban J connectivity index is 1.76. The summed E-state index contributed by atoms with van der Waals surface area (Å²) in [6.45, 7) is 5.71. The lowest BCUT2D eigenvalue weighted by molar-refractivity contribution is 0.0196. The van der Waals surface area contributed by atoms with Crippen molar-refractivity contribution in [3.05, 3.63) is 47.4 Å². The maximum absolute atomic E-state index is 14.4. The smallest absolute Gasteiger partial charge is 0.410 e. The number of nitrogen functional groups attached to an aromatic ring is 1. The standard InChI is InChI=1S/C23H27F2N5O3/c1-23(2,3)33-22(32)29-6-4-5-13(10-29)19-9-15(20-21(26)27-12-28-30(19)20)14-7-17(24)16(11-31)18(25)8-14/h7-9,12-13,31H,4-6,10-11H2,1-3H3,(H2,26,27,28). The number of hydrogen-bond acceptors (Lipinski definition) is 6. The van der Waals surface area contributed by atoms with Gasteiger partial charge in [-0.15, -0.1) is 0 Å². The number of halogens is 2. The number of carbonyl (C=O) groups excluding carboxylic acids is 1. The number of hydrogen-bond donors (Lipinski definition) is 2. The number of piperidine rings is 1. The van der Waals surface area contributed by atoms with E-state index in [1.54, 1.807) is 15.5 Å². The topological polar surface area (TPSA) is 106 Å². The van der Waals surface area contributed by atoms with E-state index in [9.17, 15) is 18.7 Å². The van der Waals surface area contributed by atoms with Crippen LogP contribution in [0.3, 0.4) is 0 Å². The average Bonchev–Trinajstić information content (AvgIpc) is 3.13. The number of carbonyl (C=O) groups is 1. The van der Waals surface area contributed by atoms with Crippen molar-refractivity contribution in [1.82, 2.24) is 19.5 Å². The van der Waals surface area contributed by atoms with E-state index in [-0.39, 0.29) is 23.4 Å². The molecular weight excluding hydrogens is 432 g/mol.